The quantitative estimate of drug-likeness (QED) is 0.574. The van der Waals surface area contributed by atoms with E-state index in [9.17, 15) is 9.59 Å². The lowest BCUT2D eigenvalue weighted by atomic mass is 10.0. The van der Waals surface area contributed by atoms with E-state index >= 15 is 0 Å². The molecule has 0 spiro atoms. The van der Waals surface area contributed by atoms with Gasteiger partial charge in [0.1, 0.15) is 0 Å². The highest BCUT2D eigenvalue weighted by molar-refractivity contribution is 5.98. The maximum Gasteiger partial charge on any atom is 0.251 e. The molecule has 0 aliphatic heterocycles. The van der Waals surface area contributed by atoms with Crippen molar-refractivity contribution in [3.05, 3.63) is 71.3 Å². The fourth-order valence-corrected chi connectivity index (χ4v) is 3.58. The standard InChI is InChI=1S/C25H28N2O4/c1-16-13-22(30-3)23(31-4)15-21(16)17(2)27-24(28)11-12-26-25(29)20-10-9-18-7-5-6-8-19(18)14-20/h5-10,13-15,17H,11-12H2,1-4H3,(H,26,29)(H,27,28). The zero-order valence-corrected chi connectivity index (χ0v) is 18.3. The molecule has 3 aromatic carbocycles. The number of amides is 2. The highest BCUT2D eigenvalue weighted by Crippen LogP contribution is 2.32. The van der Waals surface area contributed by atoms with Crippen LogP contribution in [0.5, 0.6) is 11.5 Å². The maximum atomic E-state index is 12.4. The molecule has 3 aromatic rings. The normalized spacial score (nSPS) is 11.6. The SMILES string of the molecule is COc1cc(C)c(C(C)NC(=O)CCNC(=O)c2ccc3ccccc3c2)cc1OC. The Hall–Kier alpha value is -3.54. The summed E-state index contributed by atoms with van der Waals surface area (Å²) in [6, 6.07) is 17.0. The zero-order chi connectivity index (χ0) is 22.4. The van der Waals surface area contributed by atoms with Gasteiger partial charge in [0.15, 0.2) is 11.5 Å². The highest BCUT2D eigenvalue weighted by Gasteiger charge is 2.16. The van der Waals surface area contributed by atoms with Crippen LogP contribution in [0.2, 0.25) is 0 Å². The predicted octanol–water partition coefficient (Wildman–Crippen LogP) is 4.16. The fraction of sp³-hybridized carbons (Fsp3) is 0.280. The Morgan fingerprint density at radius 3 is 2.32 bits per heavy atom. The number of ether oxygens (including phenoxy) is 2. The molecule has 0 aliphatic carbocycles. The van der Waals surface area contributed by atoms with Gasteiger partial charge in [0.2, 0.25) is 5.91 Å². The molecule has 1 unspecified atom stereocenters. The molecule has 162 valence electrons. The summed E-state index contributed by atoms with van der Waals surface area (Å²) in [6.45, 7) is 4.14. The summed E-state index contributed by atoms with van der Waals surface area (Å²) in [5.74, 6) is 0.938. The Bertz CT molecular complexity index is 1090. The molecule has 0 fully saturated rings. The number of nitrogens with one attached hydrogen (secondary N) is 2. The van der Waals surface area contributed by atoms with Gasteiger partial charge in [-0.3, -0.25) is 9.59 Å². The second-order valence-electron chi connectivity index (χ2n) is 7.42. The minimum Gasteiger partial charge on any atom is -0.493 e. The van der Waals surface area contributed by atoms with Crippen molar-refractivity contribution in [2.24, 2.45) is 0 Å². The summed E-state index contributed by atoms with van der Waals surface area (Å²) in [7, 11) is 3.17. The number of aryl methyl sites for hydroxylation is 1. The van der Waals surface area contributed by atoms with Crippen LogP contribution in [0, 0.1) is 6.92 Å². The van der Waals surface area contributed by atoms with Gasteiger partial charge in [0.05, 0.1) is 20.3 Å². The van der Waals surface area contributed by atoms with Gasteiger partial charge in [0.25, 0.3) is 5.91 Å². The number of carbonyl (C=O) groups is 2. The number of carbonyl (C=O) groups excluding carboxylic acids is 2. The Kier molecular flexibility index (Phi) is 7.13. The van der Waals surface area contributed by atoms with E-state index in [1.807, 2.05) is 62.4 Å². The van der Waals surface area contributed by atoms with E-state index in [1.165, 1.54) is 0 Å². The van der Waals surface area contributed by atoms with E-state index in [2.05, 4.69) is 10.6 Å². The molecule has 1 atom stereocenters. The third kappa shape index (κ3) is 5.34. The molecule has 2 N–H and O–H groups in total. The number of hydrogen-bond donors (Lipinski definition) is 2. The lowest BCUT2D eigenvalue weighted by molar-refractivity contribution is -0.121. The number of rotatable bonds is 8. The van der Waals surface area contributed by atoms with Crippen molar-refractivity contribution in [2.45, 2.75) is 26.3 Å². The highest BCUT2D eigenvalue weighted by atomic mass is 16.5. The third-order valence-corrected chi connectivity index (χ3v) is 5.27. The summed E-state index contributed by atoms with van der Waals surface area (Å²) >= 11 is 0. The van der Waals surface area contributed by atoms with E-state index < -0.39 is 0 Å². The molecule has 0 radical (unpaired) electrons. The average Bonchev–Trinajstić information content (AvgIpc) is 2.78. The van der Waals surface area contributed by atoms with Crippen LogP contribution in [0.15, 0.2) is 54.6 Å². The van der Waals surface area contributed by atoms with Crippen LogP contribution in [0.1, 0.15) is 40.9 Å². The lowest BCUT2D eigenvalue weighted by Crippen LogP contribution is -2.32. The largest absolute Gasteiger partial charge is 0.493 e. The third-order valence-electron chi connectivity index (χ3n) is 5.27. The van der Waals surface area contributed by atoms with Crippen molar-refractivity contribution in [2.75, 3.05) is 20.8 Å². The molecular weight excluding hydrogens is 392 g/mol. The zero-order valence-electron chi connectivity index (χ0n) is 18.3. The molecule has 0 saturated carbocycles. The summed E-state index contributed by atoms with van der Waals surface area (Å²) in [4.78, 5) is 24.8. The predicted molar refractivity (Wildman–Crippen MR) is 122 cm³/mol. The summed E-state index contributed by atoms with van der Waals surface area (Å²) in [5, 5.41) is 7.88. The van der Waals surface area contributed by atoms with Gasteiger partial charge in [-0.1, -0.05) is 30.3 Å². The van der Waals surface area contributed by atoms with Gasteiger partial charge in [0, 0.05) is 18.5 Å². The average molecular weight is 421 g/mol. The first-order chi connectivity index (χ1) is 14.9. The fourth-order valence-electron chi connectivity index (χ4n) is 3.58. The molecule has 0 aliphatic rings. The number of benzene rings is 3. The smallest absolute Gasteiger partial charge is 0.251 e. The summed E-state index contributed by atoms with van der Waals surface area (Å²) in [6.07, 6.45) is 0.190. The van der Waals surface area contributed by atoms with Gasteiger partial charge in [-0.15, -0.1) is 0 Å². The van der Waals surface area contributed by atoms with Crippen molar-refractivity contribution in [1.29, 1.82) is 0 Å². The van der Waals surface area contributed by atoms with E-state index in [-0.39, 0.29) is 30.8 Å². The molecule has 2 amide bonds. The van der Waals surface area contributed by atoms with E-state index in [4.69, 9.17) is 9.47 Å². The summed E-state index contributed by atoms with van der Waals surface area (Å²) < 4.78 is 10.7. The van der Waals surface area contributed by atoms with Crippen molar-refractivity contribution in [3.63, 3.8) is 0 Å². The Morgan fingerprint density at radius 2 is 1.61 bits per heavy atom. The van der Waals surface area contributed by atoms with Gasteiger partial charge < -0.3 is 20.1 Å². The Labute approximate surface area is 182 Å². The molecule has 0 heterocycles. The van der Waals surface area contributed by atoms with Crippen molar-refractivity contribution in [1.82, 2.24) is 10.6 Å². The van der Waals surface area contributed by atoms with Crippen molar-refractivity contribution < 1.29 is 19.1 Å². The number of fused-ring (bicyclic) bond motifs is 1. The van der Waals surface area contributed by atoms with Crippen LogP contribution >= 0.6 is 0 Å². The van der Waals surface area contributed by atoms with Crippen LogP contribution in [0.25, 0.3) is 10.8 Å². The minimum atomic E-state index is -0.205. The molecule has 0 saturated heterocycles. The van der Waals surface area contributed by atoms with Crippen LogP contribution in [0.4, 0.5) is 0 Å². The second-order valence-corrected chi connectivity index (χ2v) is 7.42. The topological polar surface area (TPSA) is 76.7 Å². The van der Waals surface area contributed by atoms with Crippen LogP contribution in [-0.2, 0) is 4.79 Å². The van der Waals surface area contributed by atoms with Crippen molar-refractivity contribution in [3.8, 4) is 11.5 Å². The van der Waals surface area contributed by atoms with Gasteiger partial charge in [-0.05, 0) is 60.0 Å². The lowest BCUT2D eigenvalue weighted by Gasteiger charge is -2.19. The minimum absolute atomic E-state index is 0.138. The van der Waals surface area contributed by atoms with E-state index in [0.29, 0.717) is 17.1 Å². The number of methoxy groups -OCH3 is 2. The van der Waals surface area contributed by atoms with Crippen LogP contribution in [-0.4, -0.2) is 32.6 Å². The molecule has 6 heteroatoms. The first kappa shape index (κ1) is 22.2. The Morgan fingerprint density at radius 1 is 0.935 bits per heavy atom. The first-order valence-corrected chi connectivity index (χ1v) is 10.2. The second kappa shape index (κ2) is 9.98. The molecule has 0 bridgehead atoms. The number of hydrogen-bond acceptors (Lipinski definition) is 4. The van der Waals surface area contributed by atoms with Crippen LogP contribution in [0.3, 0.4) is 0 Å². The van der Waals surface area contributed by atoms with E-state index in [1.54, 1.807) is 20.3 Å². The van der Waals surface area contributed by atoms with E-state index in [0.717, 1.165) is 21.9 Å². The van der Waals surface area contributed by atoms with Crippen molar-refractivity contribution >= 4 is 22.6 Å². The Balaban J connectivity index is 1.54. The summed E-state index contributed by atoms with van der Waals surface area (Å²) in [5.41, 5.74) is 2.52. The van der Waals surface area contributed by atoms with Gasteiger partial charge >= 0.3 is 0 Å². The molecular formula is C25H28N2O4. The van der Waals surface area contributed by atoms with Gasteiger partial charge in [-0.2, -0.15) is 0 Å². The van der Waals surface area contributed by atoms with Gasteiger partial charge in [-0.25, -0.2) is 0 Å². The maximum absolute atomic E-state index is 12.4. The molecule has 6 nitrogen and oxygen atoms in total. The first-order valence-electron chi connectivity index (χ1n) is 10.2. The molecule has 0 aromatic heterocycles. The monoisotopic (exact) mass is 420 g/mol. The van der Waals surface area contributed by atoms with Crippen LogP contribution < -0.4 is 20.1 Å². The molecule has 3 rings (SSSR count). The molecule has 31 heavy (non-hydrogen) atoms.